The number of carbonyl (C=O) groups is 1. The number of alkyl halides is 3. The summed E-state index contributed by atoms with van der Waals surface area (Å²) in [6.07, 6.45) is 4.70. The van der Waals surface area contributed by atoms with Gasteiger partial charge >= 0.3 is 6.18 Å². The minimum atomic E-state index is -4.49. The Labute approximate surface area is 219 Å². The second-order valence-electron chi connectivity index (χ2n) is 11.0. The van der Waals surface area contributed by atoms with Gasteiger partial charge in [0.25, 0.3) is 5.91 Å². The summed E-state index contributed by atoms with van der Waals surface area (Å²) in [4.78, 5) is 23.0. The van der Waals surface area contributed by atoms with E-state index in [0.29, 0.717) is 6.04 Å². The van der Waals surface area contributed by atoms with Gasteiger partial charge in [-0.1, -0.05) is 39.3 Å². The number of likely N-dealkylation sites (tertiary alicyclic amines) is 2. The van der Waals surface area contributed by atoms with Gasteiger partial charge in [-0.2, -0.15) is 13.2 Å². The molecule has 8 heteroatoms. The highest BCUT2D eigenvalue weighted by atomic mass is 19.4. The summed E-state index contributed by atoms with van der Waals surface area (Å²) in [5.74, 6) is 0.214. The number of piperidine rings is 1. The van der Waals surface area contributed by atoms with Crippen molar-refractivity contribution in [2.24, 2.45) is 10.4 Å². The molecule has 5 nitrogen and oxygen atoms in total. The highest BCUT2D eigenvalue weighted by molar-refractivity contribution is 6.47. The van der Waals surface area contributed by atoms with Crippen molar-refractivity contribution in [3.05, 3.63) is 53.4 Å². The average molecular weight is 519 g/mol. The summed E-state index contributed by atoms with van der Waals surface area (Å²) < 4.78 is 39.6. The van der Waals surface area contributed by atoms with Gasteiger partial charge in [0.05, 0.1) is 5.56 Å². The van der Waals surface area contributed by atoms with Crippen molar-refractivity contribution in [2.45, 2.75) is 78.9 Å². The van der Waals surface area contributed by atoms with E-state index in [-0.39, 0.29) is 16.8 Å². The molecule has 1 aromatic carbocycles. The van der Waals surface area contributed by atoms with E-state index < -0.39 is 17.6 Å². The Bertz CT molecular complexity index is 1020. The van der Waals surface area contributed by atoms with Crippen LogP contribution in [0.5, 0.6) is 0 Å². The predicted octanol–water partition coefficient (Wildman–Crippen LogP) is 6.89. The third-order valence-corrected chi connectivity index (χ3v) is 7.28. The topological polar surface area (TPSA) is 47.9 Å². The SMILES string of the molecule is CC/C=C(/N=C(\C=C(/C)C(C)(C)C)C(=O)Nc1cccc(C(F)(F)F)c1)N1CCC(N2CCCC2)CC1. The summed E-state index contributed by atoms with van der Waals surface area (Å²) in [6, 6.07) is 5.27. The molecular formula is C29H41F3N4O. The Balaban J connectivity index is 1.87. The predicted molar refractivity (Wildman–Crippen MR) is 144 cm³/mol. The van der Waals surface area contributed by atoms with E-state index >= 15 is 0 Å². The van der Waals surface area contributed by atoms with Gasteiger partial charge in [0.2, 0.25) is 0 Å². The molecule has 0 radical (unpaired) electrons. The summed E-state index contributed by atoms with van der Waals surface area (Å²) in [5, 5.41) is 2.64. The first-order valence-corrected chi connectivity index (χ1v) is 13.3. The molecule has 2 heterocycles. The van der Waals surface area contributed by atoms with Gasteiger partial charge < -0.3 is 15.1 Å². The number of carbonyl (C=O) groups excluding carboxylic acids is 1. The van der Waals surface area contributed by atoms with E-state index in [1.54, 1.807) is 6.08 Å². The lowest BCUT2D eigenvalue weighted by molar-refractivity contribution is -0.137. The second kappa shape index (κ2) is 12.3. The standard InChI is InChI=1S/C29H41F3N4O/c1-6-10-26(36-17-13-24(14-18-36)35-15-7-8-16-35)34-25(19-21(2)28(3,4)5)27(37)33-23-12-9-11-22(20-23)29(30,31)32/h9-12,19-20,24H,6-8,13-18H2,1-5H3,(H,33,37)/b21-19+,26-10-,34-25+. The third kappa shape index (κ3) is 8.19. The van der Waals surface area contributed by atoms with Gasteiger partial charge in [0.15, 0.2) is 0 Å². The smallest absolute Gasteiger partial charge is 0.357 e. The lowest BCUT2D eigenvalue weighted by atomic mass is 9.87. The van der Waals surface area contributed by atoms with Crippen LogP contribution in [0.1, 0.15) is 72.3 Å². The maximum atomic E-state index is 13.4. The van der Waals surface area contributed by atoms with Crippen LogP contribution in [0.2, 0.25) is 0 Å². The summed E-state index contributed by atoms with van der Waals surface area (Å²) >= 11 is 0. The van der Waals surface area contributed by atoms with Gasteiger partial charge in [-0.3, -0.25) is 4.79 Å². The first-order chi connectivity index (χ1) is 17.4. The number of benzene rings is 1. The molecule has 1 aromatic rings. The van der Waals surface area contributed by atoms with Crippen molar-refractivity contribution in [2.75, 3.05) is 31.5 Å². The van der Waals surface area contributed by atoms with E-state index in [1.165, 1.54) is 38.1 Å². The molecule has 37 heavy (non-hydrogen) atoms. The molecule has 0 spiro atoms. The van der Waals surface area contributed by atoms with Crippen LogP contribution in [0, 0.1) is 5.41 Å². The molecule has 0 atom stereocenters. The molecule has 0 aromatic heterocycles. The Morgan fingerprint density at radius 1 is 1.11 bits per heavy atom. The van der Waals surface area contributed by atoms with Gasteiger partial charge in [0, 0.05) is 24.8 Å². The lowest BCUT2D eigenvalue weighted by Gasteiger charge is -2.37. The minimum absolute atomic E-state index is 0.0850. The molecule has 2 aliphatic heterocycles. The van der Waals surface area contributed by atoms with Crippen LogP contribution < -0.4 is 5.32 Å². The van der Waals surface area contributed by atoms with Gasteiger partial charge in [-0.15, -0.1) is 0 Å². The Kier molecular flexibility index (Phi) is 9.62. The van der Waals surface area contributed by atoms with Gasteiger partial charge in [0.1, 0.15) is 11.5 Å². The fraction of sp³-hybridized carbons (Fsp3) is 0.586. The third-order valence-electron chi connectivity index (χ3n) is 7.28. The van der Waals surface area contributed by atoms with Crippen molar-refractivity contribution >= 4 is 17.3 Å². The number of amides is 1. The number of allylic oxidation sites excluding steroid dienone is 2. The van der Waals surface area contributed by atoms with Crippen molar-refractivity contribution in [1.29, 1.82) is 0 Å². The molecule has 204 valence electrons. The summed E-state index contributed by atoms with van der Waals surface area (Å²) in [5.41, 5.74) is 0.222. The number of hydrogen-bond acceptors (Lipinski definition) is 4. The second-order valence-corrected chi connectivity index (χ2v) is 11.0. The van der Waals surface area contributed by atoms with Crippen LogP contribution in [-0.4, -0.2) is 53.6 Å². The molecule has 0 unspecified atom stereocenters. The molecule has 1 N–H and O–H groups in total. The van der Waals surface area contributed by atoms with Crippen LogP contribution in [-0.2, 0) is 11.0 Å². The fourth-order valence-corrected chi connectivity index (χ4v) is 4.66. The van der Waals surface area contributed by atoms with Crippen LogP contribution in [0.3, 0.4) is 0 Å². The van der Waals surface area contributed by atoms with Gasteiger partial charge in [-0.25, -0.2) is 4.99 Å². The van der Waals surface area contributed by atoms with Gasteiger partial charge in [-0.05, 0) is 87.9 Å². The molecule has 0 bridgehead atoms. The zero-order valence-electron chi connectivity index (χ0n) is 22.8. The zero-order chi connectivity index (χ0) is 27.2. The summed E-state index contributed by atoms with van der Waals surface area (Å²) in [7, 11) is 0. The number of nitrogens with zero attached hydrogens (tertiary/aromatic N) is 3. The first-order valence-electron chi connectivity index (χ1n) is 13.3. The number of anilines is 1. The number of aliphatic imine (C=N–C) groups is 1. The van der Waals surface area contributed by atoms with E-state index in [1.807, 2.05) is 40.7 Å². The maximum absolute atomic E-state index is 13.4. The number of nitrogens with one attached hydrogen (secondary N) is 1. The van der Waals surface area contributed by atoms with Crippen LogP contribution >= 0.6 is 0 Å². The lowest BCUT2D eigenvalue weighted by Crippen LogP contribution is -2.43. The monoisotopic (exact) mass is 518 g/mol. The highest BCUT2D eigenvalue weighted by Gasteiger charge is 2.31. The maximum Gasteiger partial charge on any atom is 0.416 e. The zero-order valence-corrected chi connectivity index (χ0v) is 22.8. The highest BCUT2D eigenvalue weighted by Crippen LogP contribution is 2.31. The molecule has 0 aliphatic carbocycles. The number of rotatable bonds is 7. The molecule has 2 aliphatic rings. The Morgan fingerprint density at radius 3 is 2.32 bits per heavy atom. The van der Waals surface area contributed by atoms with Crippen molar-refractivity contribution in [1.82, 2.24) is 9.80 Å². The normalized spacial score (nSPS) is 19.5. The van der Waals surface area contributed by atoms with E-state index in [9.17, 15) is 18.0 Å². The number of halogens is 3. The first kappa shape index (κ1) is 29.0. The summed E-state index contributed by atoms with van der Waals surface area (Å²) in [6.45, 7) is 14.2. The molecule has 3 rings (SSSR count). The minimum Gasteiger partial charge on any atom is -0.357 e. The van der Waals surface area contributed by atoms with Crippen molar-refractivity contribution < 1.29 is 18.0 Å². The van der Waals surface area contributed by atoms with Crippen LogP contribution in [0.15, 0.2) is 52.8 Å². The van der Waals surface area contributed by atoms with Crippen LogP contribution in [0.4, 0.5) is 18.9 Å². The fourth-order valence-electron chi connectivity index (χ4n) is 4.66. The van der Waals surface area contributed by atoms with E-state index in [4.69, 9.17) is 4.99 Å². The number of hydrogen-bond donors (Lipinski definition) is 1. The van der Waals surface area contributed by atoms with E-state index in [2.05, 4.69) is 15.1 Å². The van der Waals surface area contributed by atoms with Crippen molar-refractivity contribution in [3.8, 4) is 0 Å². The Hall–Kier alpha value is -2.61. The molecule has 2 saturated heterocycles. The molecule has 2 fully saturated rings. The molecule has 1 amide bonds. The van der Waals surface area contributed by atoms with Crippen molar-refractivity contribution in [3.63, 3.8) is 0 Å². The van der Waals surface area contributed by atoms with E-state index in [0.717, 1.165) is 55.9 Å². The largest absolute Gasteiger partial charge is 0.416 e. The molecule has 0 saturated carbocycles. The molecular weight excluding hydrogens is 477 g/mol. The Morgan fingerprint density at radius 2 is 1.76 bits per heavy atom. The van der Waals surface area contributed by atoms with Crippen LogP contribution in [0.25, 0.3) is 0 Å². The quantitative estimate of drug-likeness (QED) is 0.400. The average Bonchev–Trinajstić information content (AvgIpc) is 3.37.